The molecule has 4 rings (SSSR count). The van der Waals surface area contributed by atoms with Crippen molar-refractivity contribution < 1.29 is 12.8 Å². The molecule has 0 bridgehead atoms. The summed E-state index contributed by atoms with van der Waals surface area (Å²) in [5, 5.41) is 2.99. The van der Waals surface area contributed by atoms with Gasteiger partial charge in [-0.25, -0.2) is 8.42 Å². The van der Waals surface area contributed by atoms with E-state index in [0.29, 0.717) is 12.1 Å². The van der Waals surface area contributed by atoms with Crippen LogP contribution in [0, 0.1) is 10.5 Å². The fraction of sp³-hybridized carbons (Fsp3) is 0.0870. The highest BCUT2D eigenvalue weighted by molar-refractivity contribution is 14.1. The summed E-state index contributed by atoms with van der Waals surface area (Å²) < 4.78 is 33.6. The van der Waals surface area contributed by atoms with Gasteiger partial charge in [-0.1, -0.05) is 48.0 Å². The first kappa shape index (κ1) is 20.6. The Balaban J connectivity index is 1.76. The van der Waals surface area contributed by atoms with Crippen LogP contribution >= 0.6 is 22.6 Å². The third-order valence-corrected chi connectivity index (χ3v) is 6.97. The number of rotatable bonds is 6. The van der Waals surface area contributed by atoms with E-state index in [1.807, 2.05) is 61.5 Å². The number of oxazole rings is 1. The number of benzene rings is 3. The number of aromatic nitrogens is 1. The van der Waals surface area contributed by atoms with Gasteiger partial charge in [-0.2, -0.15) is 4.98 Å². The van der Waals surface area contributed by atoms with E-state index in [4.69, 9.17) is 4.42 Å². The summed E-state index contributed by atoms with van der Waals surface area (Å²) in [6, 6.07) is 24.0. The van der Waals surface area contributed by atoms with E-state index < -0.39 is 9.84 Å². The first-order valence-electron chi connectivity index (χ1n) is 9.30. The zero-order chi connectivity index (χ0) is 21.1. The van der Waals surface area contributed by atoms with Crippen molar-refractivity contribution in [3.8, 4) is 11.5 Å². The standard InChI is InChI=1S/C23H19IN2O3S/c1-16-7-13-20(14-8-16)30(27,28)23-22(25-15-17-5-3-2-4-6-17)29-21(26-23)18-9-11-19(24)12-10-18/h2-14,25H,15H2,1H3. The fourth-order valence-electron chi connectivity index (χ4n) is 2.92. The molecule has 5 nitrogen and oxygen atoms in total. The average molecular weight is 530 g/mol. The number of nitrogens with one attached hydrogen (secondary N) is 1. The van der Waals surface area contributed by atoms with Crippen LogP contribution in [0.2, 0.25) is 0 Å². The predicted octanol–water partition coefficient (Wildman–Crippen LogP) is 5.70. The molecule has 4 aromatic rings. The topological polar surface area (TPSA) is 72.2 Å². The minimum atomic E-state index is -3.85. The summed E-state index contributed by atoms with van der Waals surface area (Å²) in [4.78, 5) is 4.55. The van der Waals surface area contributed by atoms with Gasteiger partial charge in [-0.3, -0.25) is 0 Å². The first-order chi connectivity index (χ1) is 14.4. The van der Waals surface area contributed by atoms with Gasteiger partial charge in [0.1, 0.15) is 0 Å². The number of halogens is 1. The molecule has 0 aliphatic heterocycles. The zero-order valence-corrected chi connectivity index (χ0v) is 19.1. The Morgan fingerprint density at radius 1 is 0.933 bits per heavy atom. The molecule has 0 atom stereocenters. The SMILES string of the molecule is Cc1ccc(S(=O)(=O)c2nc(-c3ccc(I)cc3)oc2NCc2ccccc2)cc1. The Bertz CT molecular complexity index is 1250. The van der Waals surface area contributed by atoms with E-state index in [1.165, 1.54) is 0 Å². The molecule has 0 radical (unpaired) electrons. The van der Waals surface area contributed by atoms with E-state index in [2.05, 4.69) is 32.9 Å². The molecule has 0 fully saturated rings. The van der Waals surface area contributed by atoms with Crippen molar-refractivity contribution in [3.05, 3.63) is 93.6 Å². The van der Waals surface area contributed by atoms with E-state index in [1.54, 1.807) is 24.3 Å². The minimum Gasteiger partial charge on any atom is -0.419 e. The molecule has 0 saturated carbocycles. The summed E-state index contributed by atoms with van der Waals surface area (Å²) in [6.07, 6.45) is 0. The van der Waals surface area contributed by atoms with Crippen LogP contribution in [0.4, 0.5) is 5.88 Å². The normalized spacial score (nSPS) is 11.4. The average Bonchev–Trinajstić information content (AvgIpc) is 3.19. The smallest absolute Gasteiger partial charge is 0.234 e. The highest BCUT2D eigenvalue weighted by atomic mass is 127. The number of aryl methyl sites for hydroxylation is 1. The third-order valence-electron chi connectivity index (χ3n) is 4.57. The fourth-order valence-corrected chi connectivity index (χ4v) is 4.56. The maximum atomic E-state index is 13.3. The summed E-state index contributed by atoms with van der Waals surface area (Å²) in [7, 11) is -3.85. The molecule has 3 aromatic carbocycles. The van der Waals surface area contributed by atoms with Gasteiger partial charge in [0.2, 0.25) is 26.6 Å². The van der Waals surface area contributed by atoms with Crippen LogP contribution in [-0.4, -0.2) is 13.4 Å². The van der Waals surface area contributed by atoms with Gasteiger partial charge in [0.05, 0.1) is 4.90 Å². The highest BCUT2D eigenvalue weighted by Crippen LogP contribution is 2.33. The number of anilines is 1. The number of sulfone groups is 1. The van der Waals surface area contributed by atoms with Crippen molar-refractivity contribution in [1.29, 1.82) is 0 Å². The van der Waals surface area contributed by atoms with Crippen molar-refractivity contribution in [1.82, 2.24) is 4.98 Å². The van der Waals surface area contributed by atoms with Gasteiger partial charge in [-0.05, 0) is 71.5 Å². The van der Waals surface area contributed by atoms with Crippen LogP contribution in [0.1, 0.15) is 11.1 Å². The van der Waals surface area contributed by atoms with Gasteiger partial charge < -0.3 is 9.73 Å². The predicted molar refractivity (Wildman–Crippen MR) is 125 cm³/mol. The summed E-state index contributed by atoms with van der Waals surface area (Å²) in [5.74, 6) is 0.389. The van der Waals surface area contributed by atoms with Gasteiger partial charge in [-0.15, -0.1) is 0 Å². The van der Waals surface area contributed by atoms with Gasteiger partial charge in [0, 0.05) is 15.7 Å². The number of hydrogen-bond acceptors (Lipinski definition) is 5. The maximum Gasteiger partial charge on any atom is 0.234 e. The molecule has 0 aliphatic rings. The molecule has 0 amide bonds. The molecule has 30 heavy (non-hydrogen) atoms. The van der Waals surface area contributed by atoms with Crippen molar-refractivity contribution in [2.24, 2.45) is 0 Å². The van der Waals surface area contributed by atoms with E-state index in [0.717, 1.165) is 14.7 Å². The Labute approximate surface area is 189 Å². The Hall–Kier alpha value is -2.65. The lowest BCUT2D eigenvalue weighted by Gasteiger charge is -2.06. The van der Waals surface area contributed by atoms with Crippen LogP contribution in [0.3, 0.4) is 0 Å². The molecule has 152 valence electrons. The highest BCUT2D eigenvalue weighted by Gasteiger charge is 2.28. The van der Waals surface area contributed by atoms with Crippen molar-refractivity contribution in [3.63, 3.8) is 0 Å². The van der Waals surface area contributed by atoms with Crippen LogP contribution in [-0.2, 0) is 16.4 Å². The monoisotopic (exact) mass is 530 g/mol. The van der Waals surface area contributed by atoms with Crippen molar-refractivity contribution in [2.45, 2.75) is 23.4 Å². The number of hydrogen-bond donors (Lipinski definition) is 1. The first-order valence-corrected chi connectivity index (χ1v) is 11.9. The molecule has 0 unspecified atom stereocenters. The van der Waals surface area contributed by atoms with Crippen LogP contribution in [0.25, 0.3) is 11.5 Å². The Morgan fingerprint density at radius 3 is 2.27 bits per heavy atom. The molecule has 7 heteroatoms. The van der Waals surface area contributed by atoms with Crippen LogP contribution in [0.5, 0.6) is 0 Å². The molecule has 1 aromatic heterocycles. The molecule has 0 spiro atoms. The second-order valence-electron chi connectivity index (χ2n) is 6.82. The van der Waals surface area contributed by atoms with Crippen LogP contribution < -0.4 is 5.32 Å². The van der Waals surface area contributed by atoms with Crippen molar-refractivity contribution >= 4 is 38.3 Å². The molecule has 1 heterocycles. The third kappa shape index (κ3) is 4.41. The molecule has 0 saturated heterocycles. The lowest BCUT2D eigenvalue weighted by molar-refractivity contribution is 0.576. The lowest BCUT2D eigenvalue weighted by Crippen LogP contribution is -2.07. The summed E-state index contributed by atoms with van der Waals surface area (Å²) in [6.45, 7) is 2.33. The molecule has 0 aliphatic carbocycles. The second-order valence-corrected chi connectivity index (χ2v) is 9.93. The lowest BCUT2D eigenvalue weighted by atomic mass is 10.2. The van der Waals surface area contributed by atoms with E-state index in [9.17, 15) is 8.42 Å². The largest absolute Gasteiger partial charge is 0.419 e. The summed E-state index contributed by atoms with van der Waals surface area (Å²) in [5.41, 5.74) is 2.70. The Kier molecular flexibility index (Phi) is 5.92. The molecule has 1 N–H and O–H groups in total. The van der Waals surface area contributed by atoms with E-state index >= 15 is 0 Å². The maximum absolute atomic E-state index is 13.3. The Morgan fingerprint density at radius 2 is 1.60 bits per heavy atom. The quantitative estimate of drug-likeness (QED) is 0.324. The van der Waals surface area contributed by atoms with Crippen LogP contribution in [0.15, 0.2) is 93.2 Å². The van der Waals surface area contributed by atoms with Gasteiger partial charge in [0.15, 0.2) is 0 Å². The van der Waals surface area contributed by atoms with Crippen molar-refractivity contribution in [2.75, 3.05) is 5.32 Å². The molecular formula is C23H19IN2O3S. The van der Waals surface area contributed by atoms with E-state index in [-0.39, 0.29) is 21.7 Å². The second kappa shape index (κ2) is 8.61. The summed E-state index contributed by atoms with van der Waals surface area (Å²) >= 11 is 2.21. The van der Waals surface area contributed by atoms with Gasteiger partial charge in [0.25, 0.3) is 0 Å². The van der Waals surface area contributed by atoms with Gasteiger partial charge >= 0.3 is 0 Å². The zero-order valence-electron chi connectivity index (χ0n) is 16.2. The molecular weight excluding hydrogens is 511 g/mol. The minimum absolute atomic E-state index is 0.115. The number of nitrogens with zero attached hydrogens (tertiary/aromatic N) is 1.